The quantitative estimate of drug-likeness (QED) is 0.927. The van der Waals surface area contributed by atoms with Gasteiger partial charge in [0.15, 0.2) is 5.65 Å². The number of rotatable bonds is 2. The van der Waals surface area contributed by atoms with Crippen LogP contribution in [0, 0.1) is 29.6 Å². The van der Waals surface area contributed by atoms with Gasteiger partial charge in [0.25, 0.3) is 0 Å². The SMILES string of the molecule is O=C(Nc1ccnc2ccnn12)C1C2CC3CC(C2)CC1C3. The van der Waals surface area contributed by atoms with Crippen LogP contribution in [0.3, 0.4) is 0 Å². The maximum absolute atomic E-state index is 12.9. The predicted molar refractivity (Wildman–Crippen MR) is 82.2 cm³/mol. The van der Waals surface area contributed by atoms with Gasteiger partial charge in [0.05, 0.1) is 6.20 Å². The lowest BCUT2D eigenvalue weighted by Crippen LogP contribution is -2.49. The van der Waals surface area contributed by atoms with Crippen molar-refractivity contribution in [2.45, 2.75) is 32.1 Å². The fourth-order valence-corrected chi connectivity index (χ4v) is 5.49. The van der Waals surface area contributed by atoms with Gasteiger partial charge in [-0.3, -0.25) is 4.79 Å². The molecule has 2 aromatic rings. The predicted octanol–water partition coefficient (Wildman–Crippen LogP) is 2.74. The van der Waals surface area contributed by atoms with Crippen LogP contribution in [0.15, 0.2) is 24.5 Å². The van der Waals surface area contributed by atoms with Gasteiger partial charge < -0.3 is 5.32 Å². The van der Waals surface area contributed by atoms with E-state index in [-0.39, 0.29) is 11.8 Å². The topological polar surface area (TPSA) is 59.3 Å². The highest BCUT2D eigenvalue weighted by Gasteiger charge is 2.50. The van der Waals surface area contributed by atoms with Gasteiger partial charge in [0, 0.05) is 18.2 Å². The molecule has 2 aromatic heterocycles. The van der Waals surface area contributed by atoms with E-state index in [0.717, 1.165) is 23.3 Å². The summed E-state index contributed by atoms with van der Waals surface area (Å²) in [5.74, 6) is 4.12. The molecule has 4 aliphatic rings. The van der Waals surface area contributed by atoms with Crippen molar-refractivity contribution in [3.8, 4) is 0 Å². The van der Waals surface area contributed by atoms with Gasteiger partial charge in [0.2, 0.25) is 5.91 Å². The first-order valence-electron chi connectivity index (χ1n) is 8.37. The van der Waals surface area contributed by atoms with Crippen molar-refractivity contribution in [3.63, 3.8) is 0 Å². The monoisotopic (exact) mass is 296 g/mol. The Morgan fingerprint density at radius 3 is 2.50 bits per heavy atom. The third-order valence-corrected chi connectivity index (χ3v) is 6.07. The average Bonchev–Trinajstić information content (AvgIpc) is 2.95. The molecule has 0 atom stereocenters. The number of fused-ring (bicyclic) bond motifs is 1. The van der Waals surface area contributed by atoms with Gasteiger partial charge in [-0.2, -0.15) is 9.61 Å². The van der Waals surface area contributed by atoms with Crippen molar-refractivity contribution in [2.24, 2.45) is 29.6 Å². The summed E-state index contributed by atoms with van der Waals surface area (Å²) in [5, 5.41) is 7.37. The highest BCUT2D eigenvalue weighted by Crippen LogP contribution is 2.56. The Bertz CT molecular complexity index is 709. The maximum atomic E-state index is 12.9. The summed E-state index contributed by atoms with van der Waals surface area (Å²) >= 11 is 0. The molecule has 4 fully saturated rings. The second kappa shape index (κ2) is 4.54. The molecule has 4 bridgehead atoms. The number of carbonyl (C=O) groups is 1. The fourth-order valence-electron chi connectivity index (χ4n) is 5.49. The smallest absolute Gasteiger partial charge is 0.229 e. The van der Waals surface area contributed by atoms with Gasteiger partial charge in [-0.25, -0.2) is 4.98 Å². The number of amides is 1. The van der Waals surface area contributed by atoms with Gasteiger partial charge in [-0.05, 0) is 61.8 Å². The number of aromatic nitrogens is 3. The highest BCUT2D eigenvalue weighted by atomic mass is 16.2. The van der Waals surface area contributed by atoms with Crippen molar-refractivity contribution in [3.05, 3.63) is 24.5 Å². The maximum Gasteiger partial charge on any atom is 0.229 e. The van der Waals surface area contributed by atoms with Crippen LogP contribution >= 0.6 is 0 Å². The molecular weight excluding hydrogens is 276 g/mol. The number of nitrogens with zero attached hydrogens (tertiary/aromatic N) is 3. The van der Waals surface area contributed by atoms with Crippen molar-refractivity contribution >= 4 is 17.4 Å². The summed E-state index contributed by atoms with van der Waals surface area (Å²) in [5.41, 5.74) is 0.767. The first kappa shape index (κ1) is 12.6. The van der Waals surface area contributed by atoms with Gasteiger partial charge in [-0.15, -0.1) is 0 Å². The lowest BCUT2D eigenvalue weighted by Gasteiger charge is -2.53. The molecule has 2 heterocycles. The van der Waals surface area contributed by atoms with Crippen LogP contribution in [0.4, 0.5) is 5.82 Å². The normalized spacial score (nSPS) is 35.9. The largest absolute Gasteiger partial charge is 0.310 e. The van der Waals surface area contributed by atoms with Crippen LogP contribution in [0.25, 0.3) is 5.65 Å². The van der Waals surface area contributed by atoms with Crippen molar-refractivity contribution in [1.29, 1.82) is 0 Å². The van der Waals surface area contributed by atoms with Crippen LogP contribution in [-0.2, 0) is 4.79 Å². The Kier molecular flexibility index (Phi) is 2.60. The second-order valence-corrected chi connectivity index (χ2v) is 7.38. The fraction of sp³-hybridized carbons (Fsp3) is 0.588. The lowest BCUT2D eigenvalue weighted by molar-refractivity contribution is -0.132. The third-order valence-electron chi connectivity index (χ3n) is 6.07. The number of hydrogen-bond acceptors (Lipinski definition) is 3. The molecular formula is C17H20N4O. The van der Waals surface area contributed by atoms with Crippen LogP contribution < -0.4 is 5.32 Å². The Morgan fingerprint density at radius 2 is 1.77 bits per heavy atom. The third kappa shape index (κ3) is 1.81. The Balaban J connectivity index is 1.42. The zero-order valence-corrected chi connectivity index (χ0v) is 12.5. The standard InChI is InChI=1S/C17H20N4O/c22-17(20-15-1-3-18-14-2-4-19-21(14)15)16-12-6-10-5-11(8-12)9-13(16)7-10/h1-4,10-13,16H,5-9H2,(H,20,22). The Morgan fingerprint density at radius 1 is 1.05 bits per heavy atom. The molecule has 114 valence electrons. The van der Waals surface area contributed by atoms with Gasteiger partial charge >= 0.3 is 0 Å². The summed E-state index contributed by atoms with van der Waals surface area (Å²) in [6.07, 6.45) is 9.90. The van der Waals surface area contributed by atoms with Crippen LogP contribution in [0.1, 0.15) is 32.1 Å². The minimum Gasteiger partial charge on any atom is -0.310 e. The van der Waals surface area contributed by atoms with E-state index in [4.69, 9.17) is 0 Å². The second-order valence-electron chi connectivity index (χ2n) is 7.38. The minimum atomic E-state index is 0.191. The number of hydrogen-bond donors (Lipinski definition) is 1. The molecule has 1 N–H and O–H groups in total. The summed E-state index contributed by atoms with van der Waals surface area (Å²) in [4.78, 5) is 17.1. The first-order valence-corrected chi connectivity index (χ1v) is 8.37. The van der Waals surface area contributed by atoms with Gasteiger partial charge in [0.1, 0.15) is 5.82 Å². The summed E-state index contributed by atoms with van der Waals surface area (Å²) < 4.78 is 1.70. The molecule has 5 heteroatoms. The molecule has 0 aliphatic heterocycles. The summed E-state index contributed by atoms with van der Waals surface area (Å²) in [7, 11) is 0. The van der Waals surface area contributed by atoms with E-state index < -0.39 is 0 Å². The average molecular weight is 296 g/mol. The zero-order chi connectivity index (χ0) is 14.7. The zero-order valence-electron chi connectivity index (χ0n) is 12.5. The first-order chi connectivity index (χ1) is 10.8. The van der Waals surface area contributed by atoms with E-state index in [0.29, 0.717) is 11.8 Å². The number of anilines is 1. The molecule has 5 nitrogen and oxygen atoms in total. The van der Waals surface area contributed by atoms with Crippen molar-refractivity contribution < 1.29 is 4.79 Å². The molecule has 4 aliphatic carbocycles. The van der Waals surface area contributed by atoms with E-state index in [9.17, 15) is 4.79 Å². The molecule has 0 unspecified atom stereocenters. The van der Waals surface area contributed by atoms with Crippen LogP contribution in [0.2, 0.25) is 0 Å². The molecule has 1 amide bonds. The van der Waals surface area contributed by atoms with E-state index in [1.165, 1.54) is 32.1 Å². The van der Waals surface area contributed by atoms with Crippen LogP contribution in [0.5, 0.6) is 0 Å². The van der Waals surface area contributed by atoms with E-state index in [1.54, 1.807) is 16.9 Å². The highest BCUT2D eigenvalue weighted by molar-refractivity contribution is 5.92. The van der Waals surface area contributed by atoms with Crippen molar-refractivity contribution in [2.75, 3.05) is 5.32 Å². The minimum absolute atomic E-state index is 0.191. The molecule has 4 saturated carbocycles. The summed E-state index contributed by atoms with van der Waals surface area (Å²) in [6.45, 7) is 0. The summed E-state index contributed by atoms with van der Waals surface area (Å²) in [6, 6.07) is 3.67. The molecule has 0 spiro atoms. The molecule has 6 rings (SSSR count). The lowest BCUT2D eigenvalue weighted by atomic mass is 9.51. The molecule has 0 saturated heterocycles. The van der Waals surface area contributed by atoms with Crippen molar-refractivity contribution in [1.82, 2.24) is 14.6 Å². The molecule has 0 aromatic carbocycles. The van der Waals surface area contributed by atoms with E-state index in [2.05, 4.69) is 15.4 Å². The van der Waals surface area contributed by atoms with Crippen LogP contribution in [-0.4, -0.2) is 20.5 Å². The molecule has 22 heavy (non-hydrogen) atoms. The number of nitrogens with one attached hydrogen (secondary N) is 1. The van der Waals surface area contributed by atoms with E-state index >= 15 is 0 Å². The Hall–Kier alpha value is -1.91. The van der Waals surface area contributed by atoms with E-state index in [1.807, 2.05) is 12.1 Å². The van der Waals surface area contributed by atoms with Gasteiger partial charge in [-0.1, -0.05) is 0 Å². The molecule has 0 radical (unpaired) electrons. The Labute approximate surface area is 129 Å². The number of carbonyl (C=O) groups excluding carboxylic acids is 1.